The summed E-state index contributed by atoms with van der Waals surface area (Å²) >= 11 is 0. The fourth-order valence-electron chi connectivity index (χ4n) is 2.68. The van der Waals surface area contributed by atoms with Gasteiger partial charge in [-0.1, -0.05) is 30.3 Å². The summed E-state index contributed by atoms with van der Waals surface area (Å²) in [5.74, 6) is 0.121. The number of fused-ring (bicyclic) bond motifs is 1. The first-order valence-electron chi connectivity index (χ1n) is 7.49. The predicted molar refractivity (Wildman–Crippen MR) is 85.0 cm³/mol. The molecule has 0 spiro atoms. The number of aromatic carboxylic acids is 1. The molecule has 23 heavy (non-hydrogen) atoms. The highest BCUT2D eigenvalue weighted by Crippen LogP contribution is 2.41. The van der Waals surface area contributed by atoms with Crippen LogP contribution in [0.1, 0.15) is 34.7 Å². The van der Waals surface area contributed by atoms with Gasteiger partial charge in [0.15, 0.2) is 0 Å². The van der Waals surface area contributed by atoms with E-state index in [2.05, 4.69) is 16.3 Å². The SMILES string of the molecule is O=C(O)c1c(Oc2cccc(C3CC3)c2)nnc2ccccc12. The predicted octanol–water partition coefficient (Wildman–Crippen LogP) is 4.00. The van der Waals surface area contributed by atoms with E-state index in [1.807, 2.05) is 12.1 Å². The van der Waals surface area contributed by atoms with Crippen molar-refractivity contribution >= 4 is 16.9 Å². The van der Waals surface area contributed by atoms with Crippen LogP contribution in [-0.4, -0.2) is 21.3 Å². The van der Waals surface area contributed by atoms with Gasteiger partial charge >= 0.3 is 5.97 Å². The fourth-order valence-corrected chi connectivity index (χ4v) is 2.68. The Labute approximate surface area is 132 Å². The van der Waals surface area contributed by atoms with Crippen LogP contribution < -0.4 is 4.74 Å². The molecule has 1 aliphatic rings. The van der Waals surface area contributed by atoms with Crippen molar-refractivity contribution in [2.45, 2.75) is 18.8 Å². The minimum atomic E-state index is -1.08. The molecule has 4 rings (SSSR count). The lowest BCUT2D eigenvalue weighted by molar-refractivity contribution is 0.0695. The summed E-state index contributed by atoms with van der Waals surface area (Å²) in [6, 6.07) is 14.7. The minimum absolute atomic E-state index is 0.0177. The standard InChI is InChI=1S/C18H14N2O3/c21-18(22)16-14-6-1-2-7-15(14)19-20-17(16)23-13-5-3-4-12(10-13)11-8-9-11/h1-7,10-11H,8-9H2,(H,21,22). The van der Waals surface area contributed by atoms with Gasteiger partial charge in [-0.2, -0.15) is 0 Å². The Morgan fingerprint density at radius 2 is 1.91 bits per heavy atom. The molecule has 2 aromatic carbocycles. The van der Waals surface area contributed by atoms with E-state index in [0.29, 0.717) is 22.6 Å². The lowest BCUT2D eigenvalue weighted by Crippen LogP contribution is -2.05. The number of hydrogen-bond donors (Lipinski definition) is 1. The Kier molecular flexibility index (Phi) is 3.19. The highest BCUT2D eigenvalue weighted by molar-refractivity contribution is 6.04. The lowest BCUT2D eigenvalue weighted by atomic mass is 10.1. The molecule has 1 heterocycles. The van der Waals surface area contributed by atoms with E-state index >= 15 is 0 Å². The zero-order chi connectivity index (χ0) is 15.8. The first kappa shape index (κ1) is 13.7. The van der Waals surface area contributed by atoms with E-state index in [1.165, 1.54) is 18.4 Å². The van der Waals surface area contributed by atoms with Crippen molar-refractivity contribution in [3.8, 4) is 11.6 Å². The molecular formula is C18H14N2O3. The van der Waals surface area contributed by atoms with E-state index < -0.39 is 5.97 Å². The van der Waals surface area contributed by atoms with Gasteiger partial charge in [0.2, 0.25) is 0 Å². The number of hydrogen-bond acceptors (Lipinski definition) is 4. The quantitative estimate of drug-likeness (QED) is 0.788. The van der Waals surface area contributed by atoms with Crippen LogP contribution in [-0.2, 0) is 0 Å². The van der Waals surface area contributed by atoms with E-state index in [4.69, 9.17) is 4.74 Å². The Morgan fingerprint density at radius 3 is 2.70 bits per heavy atom. The van der Waals surface area contributed by atoms with Gasteiger partial charge in [0, 0.05) is 5.39 Å². The first-order chi connectivity index (χ1) is 11.2. The molecule has 5 nitrogen and oxygen atoms in total. The summed E-state index contributed by atoms with van der Waals surface area (Å²) < 4.78 is 5.74. The third-order valence-electron chi connectivity index (χ3n) is 3.97. The number of ether oxygens (including phenoxy) is 1. The van der Waals surface area contributed by atoms with Crippen molar-refractivity contribution < 1.29 is 14.6 Å². The van der Waals surface area contributed by atoms with E-state index in [9.17, 15) is 9.90 Å². The number of carboxylic acids is 1. The van der Waals surface area contributed by atoms with Gasteiger partial charge in [-0.25, -0.2) is 4.79 Å². The second-order valence-corrected chi connectivity index (χ2v) is 5.65. The van der Waals surface area contributed by atoms with Crippen molar-refractivity contribution in [2.24, 2.45) is 0 Å². The maximum atomic E-state index is 11.7. The maximum absolute atomic E-state index is 11.7. The molecule has 1 fully saturated rings. The molecule has 0 aliphatic heterocycles. The van der Waals surface area contributed by atoms with Crippen LogP contribution in [0.25, 0.3) is 10.9 Å². The minimum Gasteiger partial charge on any atom is -0.477 e. The van der Waals surface area contributed by atoms with Gasteiger partial charge in [0.1, 0.15) is 11.3 Å². The van der Waals surface area contributed by atoms with Gasteiger partial charge in [0.05, 0.1) is 5.52 Å². The molecule has 0 radical (unpaired) electrons. The van der Waals surface area contributed by atoms with Crippen LogP contribution >= 0.6 is 0 Å². The maximum Gasteiger partial charge on any atom is 0.342 e. The number of carbonyl (C=O) groups is 1. The molecule has 1 aliphatic carbocycles. The Morgan fingerprint density at radius 1 is 1.09 bits per heavy atom. The molecule has 1 aromatic heterocycles. The zero-order valence-corrected chi connectivity index (χ0v) is 12.3. The number of benzene rings is 2. The molecule has 0 atom stereocenters. The van der Waals surface area contributed by atoms with Gasteiger partial charge in [0.25, 0.3) is 5.88 Å². The van der Waals surface area contributed by atoms with Gasteiger partial charge in [-0.05, 0) is 42.5 Å². The summed E-state index contributed by atoms with van der Waals surface area (Å²) in [7, 11) is 0. The van der Waals surface area contributed by atoms with Crippen molar-refractivity contribution in [3.05, 3.63) is 59.7 Å². The summed E-state index contributed by atoms with van der Waals surface area (Å²) in [5.41, 5.74) is 1.78. The lowest BCUT2D eigenvalue weighted by Gasteiger charge is -2.10. The largest absolute Gasteiger partial charge is 0.477 e. The number of carboxylic acid groups (broad SMARTS) is 1. The third kappa shape index (κ3) is 2.61. The van der Waals surface area contributed by atoms with Gasteiger partial charge in [-0.3, -0.25) is 0 Å². The fraction of sp³-hybridized carbons (Fsp3) is 0.167. The summed E-state index contributed by atoms with van der Waals surface area (Å²) in [6.45, 7) is 0. The zero-order valence-electron chi connectivity index (χ0n) is 12.3. The van der Waals surface area contributed by atoms with Crippen molar-refractivity contribution in [1.82, 2.24) is 10.2 Å². The topological polar surface area (TPSA) is 72.3 Å². The normalized spacial score (nSPS) is 13.9. The Balaban J connectivity index is 1.77. The summed E-state index contributed by atoms with van der Waals surface area (Å²) in [5, 5.41) is 18.1. The van der Waals surface area contributed by atoms with Crippen molar-refractivity contribution in [3.63, 3.8) is 0 Å². The second-order valence-electron chi connectivity index (χ2n) is 5.65. The van der Waals surface area contributed by atoms with Crippen LogP contribution in [0.2, 0.25) is 0 Å². The molecule has 0 bridgehead atoms. The van der Waals surface area contributed by atoms with E-state index in [1.54, 1.807) is 30.3 Å². The molecule has 0 amide bonds. The number of aromatic nitrogens is 2. The van der Waals surface area contributed by atoms with E-state index in [0.717, 1.165) is 0 Å². The Bertz CT molecular complexity index is 904. The summed E-state index contributed by atoms with van der Waals surface area (Å²) in [4.78, 5) is 11.7. The molecule has 1 saturated carbocycles. The molecule has 3 aromatic rings. The smallest absolute Gasteiger partial charge is 0.342 e. The second kappa shape index (κ2) is 5.35. The molecule has 114 valence electrons. The molecule has 0 saturated heterocycles. The van der Waals surface area contributed by atoms with Gasteiger partial charge in [-0.15, -0.1) is 10.2 Å². The van der Waals surface area contributed by atoms with Crippen LogP contribution in [0, 0.1) is 0 Å². The average Bonchev–Trinajstić information content (AvgIpc) is 3.39. The first-order valence-corrected chi connectivity index (χ1v) is 7.49. The van der Waals surface area contributed by atoms with Crippen LogP contribution in [0.15, 0.2) is 48.5 Å². The van der Waals surface area contributed by atoms with Crippen LogP contribution in [0.3, 0.4) is 0 Å². The highest BCUT2D eigenvalue weighted by Gasteiger charge is 2.24. The molecule has 0 unspecified atom stereocenters. The monoisotopic (exact) mass is 306 g/mol. The highest BCUT2D eigenvalue weighted by atomic mass is 16.5. The molecule has 1 N–H and O–H groups in total. The van der Waals surface area contributed by atoms with Crippen molar-refractivity contribution in [1.29, 1.82) is 0 Å². The third-order valence-corrected chi connectivity index (χ3v) is 3.97. The van der Waals surface area contributed by atoms with Crippen molar-refractivity contribution in [2.75, 3.05) is 0 Å². The van der Waals surface area contributed by atoms with Gasteiger partial charge < -0.3 is 9.84 Å². The molecule has 5 heteroatoms. The molecular weight excluding hydrogens is 292 g/mol. The van der Waals surface area contributed by atoms with E-state index in [-0.39, 0.29) is 11.4 Å². The summed E-state index contributed by atoms with van der Waals surface area (Å²) in [6.07, 6.45) is 2.39. The number of nitrogens with zero attached hydrogens (tertiary/aromatic N) is 2. The average molecular weight is 306 g/mol. The Hall–Kier alpha value is -2.95. The van der Waals surface area contributed by atoms with Crippen LogP contribution in [0.4, 0.5) is 0 Å². The number of rotatable bonds is 4. The van der Waals surface area contributed by atoms with Crippen LogP contribution in [0.5, 0.6) is 11.6 Å².